The van der Waals surface area contributed by atoms with E-state index >= 15 is 0 Å². The van der Waals surface area contributed by atoms with Crippen molar-refractivity contribution in [2.75, 3.05) is 32.7 Å². The molecule has 0 unspecified atom stereocenters. The van der Waals surface area contributed by atoms with Crippen LogP contribution in [0, 0.1) is 11.3 Å². The Labute approximate surface area is 270 Å². The zero-order valence-electron chi connectivity index (χ0n) is 22.8. The lowest BCUT2D eigenvalue weighted by Gasteiger charge is -2.17. The molecule has 0 fully saturated rings. The fraction of sp³-hybridized carbons (Fsp3) is 0.188. The lowest BCUT2D eigenvalue weighted by Crippen LogP contribution is -3.00. The van der Waals surface area contributed by atoms with Crippen LogP contribution in [-0.4, -0.2) is 27.8 Å². The van der Waals surface area contributed by atoms with E-state index in [9.17, 15) is 0 Å². The molecule has 1 aromatic heterocycles. The Kier molecular flexibility index (Phi) is 11.6. The average Bonchev–Trinajstić information content (AvgIpc) is 2.96. The molecule has 0 bridgehead atoms. The Morgan fingerprint density at radius 3 is 2.02 bits per heavy atom. The molecule has 0 atom stereocenters. The van der Waals surface area contributed by atoms with Crippen molar-refractivity contribution in [3.63, 3.8) is 0 Å². The van der Waals surface area contributed by atoms with Crippen LogP contribution in [0.5, 0.6) is 11.5 Å². The topological polar surface area (TPSA) is 49.4 Å². The summed E-state index contributed by atoms with van der Waals surface area (Å²) in [5.41, 5.74) is 7.45. The van der Waals surface area contributed by atoms with Gasteiger partial charge in [0, 0.05) is 47.5 Å². The first-order valence-corrected chi connectivity index (χ1v) is 14.0. The Hall–Kier alpha value is -2.87. The molecule has 1 heterocycles. The van der Waals surface area contributed by atoms with Gasteiger partial charge in [-0.05, 0) is 87.2 Å². The number of aromatic nitrogens is 1. The fourth-order valence-electron chi connectivity index (χ4n) is 4.31. The molecule has 0 spiro atoms. The summed E-state index contributed by atoms with van der Waals surface area (Å²) in [6, 6.07) is 27.3. The number of nitriles is 1. The van der Waals surface area contributed by atoms with Gasteiger partial charge in [0.1, 0.15) is 23.0 Å². The van der Waals surface area contributed by atoms with Crippen molar-refractivity contribution in [3.05, 3.63) is 93.0 Å². The summed E-state index contributed by atoms with van der Waals surface area (Å²) >= 11 is 7.13. The van der Waals surface area contributed by atoms with E-state index in [1.165, 1.54) is 0 Å². The molecule has 5 nitrogen and oxygen atoms in total. The number of pyridine rings is 1. The van der Waals surface area contributed by atoms with Gasteiger partial charge in [0.2, 0.25) is 11.4 Å². The maximum absolute atomic E-state index is 8.86. The largest absolute Gasteiger partial charge is 1.00 e. The summed E-state index contributed by atoms with van der Waals surface area (Å²) in [5, 5.41) is 8.86. The summed E-state index contributed by atoms with van der Waals surface area (Å²) < 4.78 is 15.2. The van der Waals surface area contributed by atoms with Crippen molar-refractivity contribution in [2.24, 2.45) is 7.05 Å². The van der Waals surface area contributed by atoms with Gasteiger partial charge in [0.15, 0.2) is 0 Å². The molecule has 0 saturated carbocycles. The highest BCUT2D eigenvalue weighted by Gasteiger charge is 2.19. The van der Waals surface area contributed by atoms with E-state index in [1.54, 1.807) is 14.2 Å². The third kappa shape index (κ3) is 7.45. The lowest BCUT2D eigenvalue weighted by atomic mass is 10.0. The van der Waals surface area contributed by atoms with Crippen LogP contribution in [0.15, 0.2) is 81.7 Å². The SMILES string of the molecule is COc1cc(-c2cc(/C=C/c3ccc(N(C)CCC#N)cc3)[n+](C)c(-c3ccc(Br)cc3)c2)cc(OC)c1Br.[I-]. The molecule has 0 aliphatic carbocycles. The molecule has 3 aromatic carbocycles. The standard InChI is InChI=1S/C32H30Br2N3O2.HI/c1-36(17-5-16-35)27-13-6-22(7-14-27)8-15-28-18-24(25-20-30(38-3)32(34)31(21-25)39-4)19-29(37(28)2)23-9-11-26(33)12-10-23;/h6-15,18-21H,5,17H2,1-4H3;1H/q+1;/p-1. The van der Waals surface area contributed by atoms with E-state index < -0.39 is 0 Å². The molecular weight excluding hydrogens is 745 g/mol. The fourth-order valence-corrected chi connectivity index (χ4v) is 5.13. The second-order valence-corrected chi connectivity index (χ2v) is 10.8. The van der Waals surface area contributed by atoms with Gasteiger partial charge in [0.25, 0.3) is 0 Å². The molecular formula is C32H30Br2IN3O2. The van der Waals surface area contributed by atoms with Gasteiger partial charge in [-0.2, -0.15) is 9.83 Å². The minimum absolute atomic E-state index is 0. The number of benzene rings is 3. The van der Waals surface area contributed by atoms with E-state index in [0.717, 1.165) is 48.3 Å². The van der Waals surface area contributed by atoms with Crippen LogP contribution in [0.25, 0.3) is 34.5 Å². The molecule has 4 aromatic rings. The Bertz CT molecular complexity index is 1510. The smallest absolute Gasteiger partial charge is 0.213 e. The van der Waals surface area contributed by atoms with Gasteiger partial charge in [0.05, 0.1) is 26.7 Å². The van der Waals surface area contributed by atoms with Crippen molar-refractivity contribution < 1.29 is 38.0 Å². The maximum atomic E-state index is 8.86. The summed E-state index contributed by atoms with van der Waals surface area (Å²) in [6.45, 7) is 0.707. The van der Waals surface area contributed by atoms with E-state index in [2.05, 4.69) is 127 Å². The van der Waals surface area contributed by atoms with Crippen LogP contribution in [-0.2, 0) is 7.05 Å². The van der Waals surface area contributed by atoms with Crippen LogP contribution in [0.2, 0.25) is 0 Å². The lowest BCUT2D eigenvalue weighted by molar-refractivity contribution is -0.662. The molecule has 40 heavy (non-hydrogen) atoms. The second-order valence-electron chi connectivity index (χ2n) is 9.07. The average molecular weight is 775 g/mol. The summed E-state index contributed by atoms with van der Waals surface area (Å²) in [4.78, 5) is 2.09. The summed E-state index contributed by atoms with van der Waals surface area (Å²) in [5.74, 6) is 1.42. The Balaban J connectivity index is 0.00000441. The number of hydrogen-bond donors (Lipinski definition) is 0. The van der Waals surface area contributed by atoms with E-state index in [1.807, 2.05) is 19.2 Å². The highest BCUT2D eigenvalue weighted by Crippen LogP contribution is 2.39. The van der Waals surface area contributed by atoms with Crippen molar-refractivity contribution in [2.45, 2.75) is 6.42 Å². The first-order valence-electron chi connectivity index (χ1n) is 12.4. The van der Waals surface area contributed by atoms with Crippen LogP contribution in [0.3, 0.4) is 0 Å². The number of methoxy groups -OCH3 is 2. The molecule has 0 aliphatic rings. The quantitative estimate of drug-likeness (QED) is 0.179. The van der Waals surface area contributed by atoms with E-state index in [4.69, 9.17) is 14.7 Å². The van der Waals surface area contributed by atoms with Crippen LogP contribution in [0.4, 0.5) is 5.69 Å². The molecule has 0 aliphatic heterocycles. The molecule has 206 valence electrons. The van der Waals surface area contributed by atoms with Crippen molar-refractivity contribution in [1.29, 1.82) is 5.26 Å². The summed E-state index contributed by atoms with van der Waals surface area (Å²) in [6.07, 6.45) is 4.75. The first kappa shape index (κ1) is 31.7. The van der Waals surface area contributed by atoms with Gasteiger partial charge in [-0.1, -0.05) is 28.1 Å². The third-order valence-corrected chi connectivity index (χ3v) is 7.91. The Morgan fingerprint density at radius 1 is 0.850 bits per heavy atom. The van der Waals surface area contributed by atoms with Crippen LogP contribution >= 0.6 is 31.9 Å². The summed E-state index contributed by atoms with van der Waals surface area (Å²) in [7, 11) is 7.39. The zero-order chi connectivity index (χ0) is 27.9. The Morgan fingerprint density at radius 2 is 1.45 bits per heavy atom. The molecule has 0 radical (unpaired) electrons. The van der Waals surface area contributed by atoms with Gasteiger partial charge in [-0.3, -0.25) is 0 Å². The molecule has 8 heteroatoms. The van der Waals surface area contributed by atoms with Gasteiger partial charge < -0.3 is 38.4 Å². The van der Waals surface area contributed by atoms with Gasteiger partial charge in [-0.15, -0.1) is 0 Å². The molecule has 4 rings (SSSR count). The monoisotopic (exact) mass is 773 g/mol. The number of hydrogen-bond acceptors (Lipinski definition) is 4. The molecule has 0 amide bonds. The highest BCUT2D eigenvalue weighted by molar-refractivity contribution is 9.11. The number of nitrogens with zero attached hydrogens (tertiary/aromatic N) is 3. The zero-order valence-corrected chi connectivity index (χ0v) is 28.1. The first-order chi connectivity index (χ1) is 18.8. The number of halogens is 3. The normalized spacial score (nSPS) is 10.6. The van der Waals surface area contributed by atoms with Crippen molar-refractivity contribution in [1.82, 2.24) is 0 Å². The minimum Gasteiger partial charge on any atom is -1.00 e. The predicted molar refractivity (Wildman–Crippen MR) is 166 cm³/mol. The number of rotatable bonds is 9. The van der Waals surface area contributed by atoms with Crippen molar-refractivity contribution in [3.8, 4) is 40.0 Å². The van der Waals surface area contributed by atoms with E-state index in [0.29, 0.717) is 24.5 Å². The van der Waals surface area contributed by atoms with Crippen LogP contribution < -0.4 is 42.9 Å². The minimum atomic E-state index is 0. The van der Waals surface area contributed by atoms with Crippen LogP contribution in [0.1, 0.15) is 17.7 Å². The third-order valence-electron chi connectivity index (χ3n) is 6.60. The van der Waals surface area contributed by atoms with E-state index in [-0.39, 0.29) is 24.0 Å². The number of anilines is 1. The number of ether oxygens (including phenoxy) is 2. The predicted octanol–water partition coefficient (Wildman–Crippen LogP) is 4.91. The van der Waals surface area contributed by atoms with Gasteiger partial charge in [-0.25, -0.2) is 0 Å². The second kappa shape index (κ2) is 14.7. The molecule has 0 N–H and O–H groups in total. The van der Waals surface area contributed by atoms with Gasteiger partial charge >= 0.3 is 0 Å². The highest BCUT2D eigenvalue weighted by atomic mass is 127. The molecule has 0 saturated heterocycles. The van der Waals surface area contributed by atoms with Crippen molar-refractivity contribution >= 4 is 49.7 Å². The maximum Gasteiger partial charge on any atom is 0.213 e.